The highest BCUT2D eigenvalue weighted by molar-refractivity contribution is 8.00. The number of benzene rings is 1. The maximum atomic E-state index is 3.55. The summed E-state index contributed by atoms with van der Waals surface area (Å²) in [6, 6.07) is 11.6. The zero-order valence-corrected chi connectivity index (χ0v) is 13.7. The molecule has 0 saturated heterocycles. The van der Waals surface area contributed by atoms with Crippen molar-refractivity contribution in [1.82, 2.24) is 9.88 Å². The van der Waals surface area contributed by atoms with E-state index in [1.165, 1.54) is 22.4 Å². The first-order valence-corrected chi connectivity index (χ1v) is 8.81. The van der Waals surface area contributed by atoms with Crippen molar-refractivity contribution < 1.29 is 0 Å². The van der Waals surface area contributed by atoms with Crippen molar-refractivity contribution in [2.45, 2.75) is 49.4 Å². The summed E-state index contributed by atoms with van der Waals surface area (Å²) < 4.78 is 2.36. The van der Waals surface area contributed by atoms with Gasteiger partial charge >= 0.3 is 0 Å². The van der Waals surface area contributed by atoms with Crippen molar-refractivity contribution in [2.75, 3.05) is 6.54 Å². The van der Waals surface area contributed by atoms with Crippen molar-refractivity contribution in [1.29, 1.82) is 0 Å². The van der Waals surface area contributed by atoms with Crippen LogP contribution >= 0.6 is 11.8 Å². The highest BCUT2D eigenvalue weighted by atomic mass is 32.2. The first-order valence-electron chi connectivity index (χ1n) is 7.93. The monoisotopic (exact) mass is 300 g/mol. The molecular weight excluding hydrogens is 276 g/mol. The van der Waals surface area contributed by atoms with E-state index in [-0.39, 0.29) is 0 Å². The Hall–Kier alpha value is -1.19. The van der Waals surface area contributed by atoms with E-state index in [0.717, 1.165) is 19.5 Å². The molecule has 0 bridgehead atoms. The SMILES string of the molecule is CCNC(CC)c1ccn(CC2Cc3ccccc3S2)c1. The van der Waals surface area contributed by atoms with Gasteiger partial charge in [0.1, 0.15) is 0 Å². The van der Waals surface area contributed by atoms with Gasteiger partial charge in [-0.1, -0.05) is 32.0 Å². The number of aromatic nitrogens is 1. The Morgan fingerprint density at radius 1 is 1.29 bits per heavy atom. The molecule has 21 heavy (non-hydrogen) atoms. The second-order valence-electron chi connectivity index (χ2n) is 5.71. The van der Waals surface area contributed by atoms with Crippen LogP contribution < -0.4 is 5.32 Å². The topological polar surface area (TPSA) is 17.0 Å². The fourth-order valence-electron chi connectivity index (χ4n) is 3.11. The molecule has 1 aromatic carbocycles. The van der Waals surface area contributed by atoms with Gasteiger partial charge in [0.05, 0.1) is 0 Å². The van der Waals surface area contributed by atoms with Crippen LogP contribution in [-0.4, -0.2) is 16.4 Å². The highest BCUT2D eigenvalue weighted by Crippen LogP contribution is 2.37. The van der Waals surface area contributed by atoms with Crippen molar-refractivity contribution >= 4 is 11.8 Å². The molecule has 2 unspecified atom stereocenters. The van der Waals surface area contributed by atoms with E-state index in [0.29, 0.717) is 11.3 Å². The van der Waals surface area contributed by atoms with Crippen LogP contribution in [0.15, 0.2) is 47.6 Å². The minimum atomic E-state index is 0.490. The lowest BCUT2D eigenvalue weighted by atomic mass is 10.1. The number of nitrogens with zero attached hydrogens (tertiary/aromatic N) is 1. The van der Waals surface area contributed by atoms with E-state index in [2.05, 4.69) is 66.5 Å². The van der Waals surface area contributed by atoms with Crippen LogP contribution in [0.3, 0.4) is 0 Å². The third kappa shape index (κ3) is 3.35. The number of nitrogens with one attached hydrogen (secondary N) is 1. The normalized spacial score (nSPS) is 18.7. The first-order chi connectivity index (χ1) is 10.3. The van der Waals surface area contributed by atoms with E-state index >= 15 is 0 Å². The summed E-state index contributed by atoms with van der Waals surface area (Å²) in [5.41, 5.74) is 2.93. The zero-order valence-electron chi connectivity index (χ0n) is 12.9. The Morgan fingerprint density at radius 2 is 2.14 bits per heavy atom. The molecule has 3 rings (SSSR count). The van der Waals surface area contributed by atoms with E-state index in [9.17, 15) is 0 Å². The molecule has 112 valence electrons. The summed E-state index contributed by atoms with van der Waals surface area (Å²) in [6.07, 6.45) is 6.89. The summed E-state index contributed by atoms with van der Waals surface area (Å²) >= 11 is 2.03. The van der Waals surface area contributed by atoms with Gasteiger partial charge in [0.25, 0.3) is 0 Å². The van der Waals surface area contributed by atoms with Gasteiger partial charge in [-0.2, -0.15) is 0 Å². The van der Waals surface area contributed by atoms with Crippen molar-refractivity contribution in [3.63, 3.8) is 0 Å². The third-order valence-corrected chi connectivity index (χ3v) is 5.46. The zero-order chi connectivity index (χ0) is 14.7. The van der Waals surface area contributed by atoms with E-state index in [1.807, 2.05) is 11.8 Å². The molecule has 2 aromatic rings. The lowest BCUT2D eigenvalue weighted by Crippen LogP contribution is -2.19. The highest BCUT2D eigenvalue weighted by Gasteiger charge is 2.22. The molecule has 0 saturated carbocycles. The van der Waals surface area contributed by atoms with Gasteiger partial charge < -0.3 is 9.88 Å². The number of hydrogen-bond acceptors (Lipinski definition) is 2. The van der Waals surface area contributed by atoms with Crippen molar-refractivity contribution in [2.24, 2.45) is 0 Å². The standard InChI is InChI=1S/C18H24N2S/c1-3-17(19-4-2)15-9-10-20(12-15)13-16-11-14-7-5-6-8-18(14)21-16/h5-10,12,16-17,19H,3-4,11,13H2,1-2H3. The smallest absolute Gasteiger partial charge is 0.0345 e. The third-order valence-electron chi connectivity index (χ3n) is 4.16. The molecule has 3 heteroatoms. The largest absolute Gasteiger partial charge is 0.353 e. The van der Waals surface area contributed by atoms with Crippen LogP contribution in [-0.2, 0) is 13.0 Å². The van der Waals surface area contributed by atoms with Gasteiger partial charge in [-0.3, -0.25) is 0 Å². The number of fused-ring (bicyclic) bond motifs is 1. The molecule has 2 atom stereocenters. The molecular formula is C18H24N2S. The summed E-state index contributed by atoms with van der Waals surface area (Å²) in [7, 11) is 0. The van der Waals surface area contributed by atoms with Gasteiger partial charge in [-0.15, -0.1) is 11.8 Å². The van der Waals surface area contributed by atoms with Gasteiger partial charge in [0, 0.05) is 35.1 Å². The molecule has 2 heterocycles. The summed E-state index contributed by atoms with van der Waals surface area (Å²) in [5, 5.41) is 4.22. The summed E-state index contributed by atoms with van der Waals surface area (Å²) in [5.74, 6) is 0. The molecule has 1 N–H and O–H groups in total. The maximum absolute atomic E-state index is 3.55. The Labute approximate surface area is 131 Å². The minimum Gasteiger partial charge on any atom is -0.353 e. The van der Waals surface area contributed by atoms with Crippen LogP contribution in [0.1, 0.15) is 37.4 Å². The molecule has 1 aliphatic rings. The van der Waals surface area contributed by atoms with Gasteiger partial charge in [-0.25, -0.2) is 0 Å². The van der Waals surface area contributed by atoms with Gasteiger partial charge in [-0.05, 0) is 42.6 Å². The predicted molar refractivity (Wildman–Crippen MR) is 90.9 cm³/mol. The van der Waals surface area contributed by atoms with Crippen LogP contribution in [0.25, 0.3) is 0 Å². The molecule has 0 fully saturated rings. The lowest BCUT2D eigenvalue weighted by Gasteiger charge is -2.14. The van der Waals surface area contributed by atoms with Gasteiger partial charge in [0.15, 0.2) is 0 Å². The summed E-state index contributed by atoms with van der Waals surface area (Å²) in [6.45, 7) is 6.54. The Bertz CT molecular complexity index is 565. The molecule has 0 radical (unpaired) electrons. The average molecular weight is 300 g/mol. The van der Waals surface area contributed by atoms with Gasteiger partial charge in [0.2, 0.25) is 0 Å². The van der Waals surface area contributed by atoms with Crippen LogP contribution in [0.4, 0.5) is 0 Å². The molecule has 1 aromatic heterocycles. The number of hydrogen-bond donors (Lipinski definition) is 1. The Morgan fingerprint density at radius 3 is 2.90 bits per heavy atom. The molecule has 0 amide bonds. The van der Waals surface area contributed by atoms with E-state index in [1.54, 1.807) is 0 Å². The number of thioether (sulfide) groups is 1. The second kappa shape index (κ2) is 6.71. The lowest BCUT2D eigenvalue weighted by molar-refractivity contribution is 0.535. The minimum absolute atomic E-state index is 0.490. The molecule has 0 aliphatic carbocycles. The van der Waals surface area contributed by atoms with Crippen LogP contribution in [0.5, 0.6) is 0 Å². The van der Waals surface area contributed by atoms with E-state index < -0.39 is 0 Å². The molecule has 2 nitrogen and oxygen atoms in total. The van der Waals surface area contributed by atoms with E-state index in [4.69, 9.17) is 0 Å². The van der Waals surface area contributed by atoms with Crippen LogP contribution in [0, 0.1) is 0 Å². The quantitative estimate of drug-likeness (QED) is 0.858. The molecule has 1 aliphatic heterocycles. The average Bonchev–Trinajstić information content (AvgIpc) is 3.11. The van der Waals surface area contributed by atoms with Crippen molar-refractivity contribution in [3.8, 4) is 0 Å². The van der Waals surface area contributed by atoms with Crippen molar-refractivity contribution in [3.05, 3.63) is 53.9 Å². The van der Waals surface area contributed by atoms with Crippen LogP contribution in [0.2, 0.25) is 0 Å². The second-order valence-corrected chi connectivity index (χ2v) is 7.05. The first kappa shape index (κ1) is 14.7. The Balaban J connectivity index is 1.63. The predicted octanol–water partition coefficient (Wildman–Crippen LogP) is 4.27. The number of rotatable bonds is 6. The Kier molecular flexibility index (Phi) is 4.71. The fourth-order valence-corrected chi connectivity index (χ4v) is 4.44. The fraction of sp³-hybridized carbons (Fsp3) is 0.444. The molecule has 0 spiro atoms. The maximum Gasteiger partial charge on any atom is 0.0345 e. The summed E-state index contributed by atoms with van der Waals surface area (Å²) in [4.78, 5) is 1.47.